The van der Waals surface area contributed by atoms with E-state index in [1.54, 1.807) is 7.11 Å². The lowest BCUT2D eigenvalue weighted by Crippen LogP contribution is -2.59. The first-order valence-electron chi connectivity index (χ1n) is 12.2. The fraction of sp³-hybridized carbons (Fsp3) is 0.833. The highest BCUT2D eigenvalue weighted by Crippen LogP contribution is 2.36. The van der Waals surface area contributed by atoms with Crippen molar-refractivity contribution in [2.75, 3.05) is 74.1 Å². The van der Waals surface area contributed by atoms with Gasteiger partial charge in [0.25, 0.3) is 0 Å². The summed E-state index contributed by atoms with van der Waals surface area (Å²) >= 11 is 0. The molecule has 1 N–H and O–H groups in total. The molecule has 2 aliphatic rings. The second-order valence-electron chi connectivity index (χ2n) is 9.53. The second-order valence-corrected chi connectivity index (χ2v) is 9.53. The normalized spacial score (nSPS) is 25.2. The predicted octanol–water partition coefficient (Wildman–Crippen LogP) is 1.87. The van der Waals surface area contributed by atoms with Gasteiger partial charge in [0.15, 0.2) is 5.78 Å². The number of nitrogens with one attached hydrogen (secondary N) is 1. The van der Waals surface area contributed by atoms with Crippen LogP contribution in [0.25, 0.3) is 0 Å². The van der Waals surface area contributed by atoms with E-state index in [0.29, 0.717) is 38.1 Å². The lowest BCUT2D eigenvalue weighted by Gasteiger charge is -2.47. The number of hydrogen-bond acceptors (Lipinski definition) is 6. The summed E-state index contributed by atoms with van der Waals surface area (Å²) in [7, 11) is 7.69. The Labute approximate surface area is 194 Å². The van der Waals surface area contributed by atoms with Crippen molar-refractivity contribution in [2.24, 2.45) is 5.92 Å². The minimum absolute atomic E-state index is 0.00266. The quantitative estimate of drug-likeness (QED) is 0.484. The van der Waals surface area contributed by atoms with Gasteiger partial charge in [-0.15, -0.1) is 0 Å². The minimum Gasteiger partial charge on any atom is -0.383 e. The fourth-order valence-corrected chi connectivity index (χ4v) is 4.94. The highest BCUT2D eigenvalue weighted by atomic mass is 16.5. The molecule has 0 aromatic heterocycles. The zero-order chi connectivity index (χ0) is 23.7. The smallest absolute Gasteiger partial charge is 0.317 e. The molecule has 0 radical (unpaired) electrons. The number of methoxy groups -OCH3 is 1. The molecule has 2 rings (SSSR count). The first-order valence-corrected chi connectivity index (χ1v) is 12.2. The summed E-state index contributed by atoms with van der Waals surface area (Å²) in [5, 5.41) is 3.28. The van der Waals surface area contributed by atoms with Crippen LogP contribution in [0.3, 0.4) is 0 Å². The zero-order valence-corrected chi connectivity index (χ0v) is 21.1. The molecule has 1 saturated carbocycles. The van der Waals surface area contributed by atoms with Crippen molar-refractivity contribution in [3.63, 3.8) is 0 Å². The topological polar surface area (TPSA) is 68.4 Å². The van der Waals surface area contributed by atoms with Crippen LogP contribution < -0.4 is 5.32 Å². The number of ether oxygens (including phenoxy) is 1. The van der Waals surface area contributed by atoms with Crippen LogP contribution in [-0.2, 0) is 9.53 Å². The van der Waals surface area contributed by atoms with Crippen LogP contribution in [0, 0.1) is 5.92 Å². The summed E-state index contributed by atoms with van der Waals surface area (Å²) in [5.41, 5.74) is 0.939. The number of amides is 2. The van der Waals surface area contributed by atoms with Gasteiger partial charge in [0.2, 0.25) is 0 Å². The molecule has 1 aliphatic heterocycles. The van der Waals surface area contributed by atoms with Crippen LogP contribution >= 0.6 is 0 Å². The van der Waals surface area contributed by atoms with Crippen molar-refractivity contribution in [1.29, 1.82) is 0 Å². The van der Waals surface area contributed by atoms with Crippen LogP contribution in [0.4, 0.5) is 4.79 Å². The van der Waals surface area contributed by atoms with Crippen molar-refractivity contribution < 1.29 is 14.3 Å². The SMILES string of the molecule is CCCN1C[C@@H](NC(=O)N(CC)CCN(C)CCOC)C[C@@H]2CC(=O)C(=CN(C)C)C[C@H]21. The maximum atomic E-state index is 13.0. The molecule has 0 bridgehead atoms. The Balaban J connectivity index is 1.98. The van der Waals surface area contributed by atoms with Crippen molar-refractivity contribution in [3.05, 3.63) is 11.8 Å². The number of urea groups is 1. The van der Waals surface area contributed by atoms with Crippen LogP contribution in [0.15, 0.2) is 11.8 Å². The maximum Gasteiger partial charge on any atom is 0.317 e. The Morgan fingerprint density at radius 3 is 2.56 bits per heavy atom. The summed E-state index contributed by atoms with van der Waals surface area (Å²) in [4.78, 5) is 34.3. The molecule has 3 atom stereocenters. The number of carbonyl (C=O) groups is 2. The molecular weight excluding hydrogens is 406 g/mol. The fourth-order valence-electron chi connectivity index (χ4n) is 4.94. The Kier molecular flexibility index (Phi) is 10.9. The number of Topliss-reactive ketones (excluding diaryl/α,β-unsaturated/α-hetero) is 1. The van der Waals surface area contributed by atoms with E-state index in [9.17, 15) is 9.59 Å². The van der Waals surface area contributed by atoms with Gasteiger partial charge in [-0.25, -0.2) is 4.79 Å². The van der Waals surface area contributed by atoms with E-state index in [4.69, 9.17) is 4.74 Å². The third-order valence-electron chi connectivity index (χ3n) is 6.64. The molecule has 8 heteroatoms. The largest absolute Gasteiger partial charge is 0.383 e. The van der Waals surface area contributed by atoms with Crippen molar-refractivity contribution in [3.8, 4) is 0 Å². The van der Waals surface area contributed by atoms with E-state index in [1.165, 1.54) is 0 Å². The van der Waals surface area contributed by atoms with E-state index in [1.807, 2.05) is 44.1 Å². The molecule has 0 unspecified atom stereocenters. The van der Waals surface area contributed by atoms with E-state index >= 15 is 0 Å². The minimum atomic E-state index is 0.00266. The number of nitrogens with zero attached hydrogens (tertiary/aromatic N) is 4. The van der Waals surface area contributed by atoms with Crippen LogP contribution in [-0.4, -0.2) is 118 Å². The predicted molar refractivity (Wildman–Crippen MR) is 129 cm³/mol. The third-order valence-corrected chi connectivity index (χ3v) is 6.64. The second kappa shape index (κ2) is 13.2. The molecule has 0 spiro atoms. The van der Waals surface area contributed by atoms with Gasteiger partial charge in [0, 0.05) is 84.2 Å². The molecule has 32 heavy (non-hydrogen) atoms. The number of ketones is 1. The first-order chi connectivity index (χ1) is 15.3. The third kappa shape index (κ3) is 7.74. The number of likely N-dealkylation sites (tertiary alicyclic amines) is 1. The average molecular weight is 452 g/mol. The Morgan fingerprint density at radius 1 is 1.19 bits per heavy atom. The molecular formula is C24H45N5O3. The highest BCUT2D eigenvalue weighted by Gasteiger charge is 2.41. The van der Waals surface area contributed by atoms with E-state index in [-0.39, 0.29) is 17.9 Å². The van der Waals surface area contributed by atoms with Gasteiger partial charge in [-0.2, -0.15) is 0 Å². The number of hydrogen-bond donors (Lipinski definition) is 1. The van der Waals surface area contributed by atoms with Gasteiger partial charge >= 0.3 is 6.03 Å². The lowest BCUT2D eigenvalue weighted by molar-refractivity contribution is -0.119. The highest BCUT2D eigenvalue weighted by molar-refractivity contribution is 5.96. The standard InChI is InChI=1S/C24H45N5O3/c1-7-9-29-18-21(14-19-16-23(30)20(15-22(19)29)17-26(3)4)25-24(31)28(8-2)11-10-27(5)12-13-32-6/h17,19,21-22H,7-16,18H2,1-6H3,(H,25,31)/t19-,21+,22-/m1/s1. The number of rotatable bonds is 11. The monoisotopic (exact) mass is 451 g/mol. The Hall–Kier alpha value is -1.64. The van der Waals surface area contributed by atoms with Crippen LogP contribution in [0.2, 0.25) is 0 Å². The zero-order valence-electron chi connectivity index (χ0n) is 21.1. The van der Waals surface area contributed by atoms with Crippen LogP contribution in [0.5, 0.6) is 0 Å². The van der Waals surface area contributed by atoms with Crippen molar-refractivity contribution >= 4 is 11.8 Å². The van der Waals surface area contributed by atoms with Crippen molar-refractivity contribution in [2.45, 2.75) is 51.6 Å². The maximum absolute atomic E-state index is 13.0. The summed E-state index contributed by atoms with van der Waals surface area (Å²) in [5.74, 6) is 0.570. The van der Waals surface area contributed by atoms with E-state index in [2.05, 4.69) is 22.0 Å². The molecule has 2 fully saturated rings. The van der Waals surface area contributed by atoms with Gasteiger partial charge < -0.3 is 24.8 Å². The summed E-state index contributed by atoms with van der Waals surface area (Å²) < 4.78 is 5.13. The Bertz CT molecular complexity index is 639. The van der Waals surface area contributed by atoms with Gasteiger partial charge in [0.05, 0.1) is 6.61 Å². The molecule has 1 aliphatic carbocycles. The van der Waals surface area contributed by atoms with Gasteiger partial charge in [-0.1, -0.05) is 6.92 Å². The molecule has 184 valence electrons. The van der Waals surface area contributed by atoms with Gasteiger partial charge in [-0.3, -0.25) is 9.69 Å². The number of likely N-dealkylation sites (N-methyl/N-ethyl adjacent to an activating group) is 2. The molecule has 1 saturated heterocycles. The Morgan fingerprint density at radius 2 is 1.94 bits per heavy atom. The summed E-state index contributed by atoms with van der Waals surface area (Å²) in [6.45, 7) is 9.80. The number of piperidine rings is 1. The number of fused-ring (bicyclic) bond motifs is 1. The summed E-state index contributed by atoms with van der Waals surface area (Å²) in [6.07, 6.45) is 5.33. The van der Waals surface area contributed by atoms with Gasteiger partial charge in [-0.05, 0) is 45.7 Å². The average Bonchev–Trinajstić information content (AvgIpc) is 2.73. The van der Waals surface area contributed by atoms with Gasteiger partial charge in [0.1, 0.15) is 0 Å². The van der Waals surface area contributed by atoms with E-state index in [0.717, 1.165) is 51.0 Å². The molecule has 1 heterocycles. The van der Waals surface area contributed by atoms with E-state index < -0.39 is 0 Å². The lowest BCUT2D eigenvalue weighted by atomic mass is 9.74. The van der Waals surface area contributed by atoms with Crippen LogP contribution in [0.1, 0.15) is 39.5 Å². The number of carbonyl (C=O) groups excluding carboxylic acids is 2. The first kappa shape index (κ1) is 26.6. The van der Waals surface area contributed by atoms with Crippen molar-refractivity contribution in [1.82, 2.24) is 24.9 Å². The molecule has 0 aromatic rings. The molecule has 8 nitrogen and oxygen atoms in total. The molecule has 0 aromatic carbocycles. The molecule has 2 amide bonds. The summed E-state index contributed by atoms with van der Waals surface area (Å²) in [6, 6.07) is 0.481.